The molecule has 0 saturated carbocycles. The Morgan fingerprint density at radius 3 is 3.12 bits per heavy atom. The van der Waals surface area contributed by atoms with Crippen molar-refractivity contribution in [3.05, 3.63) is 41.3 Å². The van der Waals surface area contributed by atoms with Crippen molar-refractivity contribution >= 4 is 11.6 Å². The molecule has 0 aliphatic carbocycles. The van der Waals surface area contributed by atoms with Crippen molar-refractivity contribution in [1.82, 2.24) is 9.55 Å². The molecule has 0 fully saturated rings. The lowest BCUT2D eigenvalue weighted by Crippen LogP contribution is -2.31. The first-order valence-corrected chi connectivity index (χ1v) is 6.17. The second-order valence-corrected chi connectivity index (χ2v) is 4.94. The second-order valence-electron chi connectivity index (χ2n) is 4.50. The van der Waals surface area contributed by atoms with Gasteiger partial charge in [-0.15, -0.1) is 0 Å². The Labute approximate surface area is 105 Å². The smallest absolute Gasteiger partial charge is 0.0956 e. The number of hydrogen-bond donors (Lipinski definition) is 1. The van der Waals surface area contributed by atoms with Crippen molar-refractivity contribution in [1.29, 1.82) is 0 Å². The lowest BCUT2D eigenvalue weighted by Gasteiger charge is -2.21. The molecule has 1 aromatic carbocycles. The molecule has 2 heterocycles. The van der Waals surface area contributed by atoms with E-state index in [1.54, 1.807) is 0 Å². The first-order chi connectivity index (χ1) is 8.24. The summed E-state index contributed by atoms with van der Waals surface area (Å²) in [6.45, 7) is 0.864. The first kappa shape index (κ1) is 10.8. The molecule has 0 bridgehead atoms. The lowest BCUT2D eigenvalue weighted by atomic mass is 10.0. The zero-order valence-electron chi connectivity index (χ0n) is 9.44. The highest BCUT2D eigenvalue weighted by molar-refractivity contribution is 6.30. The van der Waals surface area contributed by atoms with Crippen molar-refractivity contribution in [2.24, 2.45) is 5.73 Å². The molecular formula is C13H14ClN3. The van der Waals surface area contributed by atoms with Crippen LogP contribution < -0.4 is 5.73 Å². The van der Waals surface area contributed by atoms with Gasteiger partial charge in [0, 0.05) is 28.9 Å². The van der Waals surface area contributed by atoms with E-state index in [9.17, 15) is 0 Å². The molecule has 17 heavy (non-hydrogen) atoms. The highest BCUT2D eigenvalue weighted by atomic mass is 35.5. The van der Waals surface area contributed by atoms with E-state index in [0.29, 0.717) is 0 Å². The monoisotopic (exact) mass is 247 g/mol. The summed E-state index contributed by atoms with van der Waals surface area (Å²) in [5.41, 5.74) is 9.35. The number of benzene rings is 1. The molecule has 88 valence electrons. The summed E-state index contributed by atoms with van der Waals surface area (Å²) in [6, 6.07) is 8.09. The van der Waals surface area contributed by atoms with Gasteiger partial charge in [0.15, 0.2) is 0 Å². The number of nitrogens with two attached hydrogens (primary N) is 1. The van der Waals surface area contributed by atoms with Crippen molar-refractivity contribution in [2.45, 2.75) is 25.4 Å². The Morgan fingerprint density at radius 2 is 2.29 bits per heavy atom. The summed E-state index contributed by atoms with van der Waals surface area (Å²) < 4.78 is 2.16. The Hall–Kier alpha value is -1.32. The molecule has 1 aliphatic rings. The SMILES string of the molecule is NC1CCc2c(-c3cccc(Cl)c3)ncn2C1. The average molecular weight is 248 g/mol. The fraction of sp³-hybridized carbons (Fsp3) is 0.308. The van der Waals surface area contributed by atoms with Crippen LogP contribution in [-0.4, -0.2) is 15.6 Å². The Bertz CT molecular complexity index is 547. The van der Waals surface area contributed by atoms with Crippen LogP contribution in [0.2, 0.25) is 5.02 Å². The number of imidazole rings is 1. The highest BCUT2D eigenvalue weighted by Gasteiger charge is 2.19. The number of aromatic nitrogens is 2. The van der Waals surface area contributed by atoms with Crippen molar-refractivity contribution in [3.63, 3.8) is 0 Å². The van der Waals surface area contributed by atoms with Crippen LogP contribution in [0.3, 0.4) is 0 Å². The van der Waals surface area contributed by atoms with Crippen molar-refractivity contribution in [2.75, 3.05) is 0 Å². The Morgan fingerprint density at radius 1 is 1.41 bits per heavy atom. The fourth-order valence-electron chi connectivity index (χ4n) is 2.37. The van der Waals surface area contributed by atoms with E-state index in [4.69, 9.17) is 17.3 Å². The van der Waals surface area contributed by atoms with Crippen LogP contribution in [0.5, 0.6) is 0 Å². The zero-order chi connectivity index (χ0) is 11.8. The molecule has 3 rings (SSSR count). The first-order valence-electron chi connectivity index (χ1n) is 5.79. The lowest BCUT2D eigenvalue weighted by molar-refractivity contribution is 0.461. The van der Waals surface area contributed by atoms with Crippen LogP contribution in [0.15, 0.2) is 30.6 Å². The van der Waals surface area contributed by atoms with E-state index < -0.39 is 0 Å². The second kappa shape index (κ2) is 4.17. The quantitative estimate of drug-likeness (QED) is 0.841. The van der Waals surface area contributed by atoms with E-state index in [0.717, 1.165) is 35.7 Å². The normalized spacial score (nSPS) is 19.1. The van der Waals surface area contributed by atoms with E-state index in [1.165, 1.54) is 5.69 Å². The minimum absolute atomic E-state index is 0.254. The number of rotatable bonds is 1. The molecule has 4 heteroatoms. The van der Waals surface area contributed by atoms with Crippen LogP contribution in [0.1, 0.15) is 12.1 Å². The van der Waals surface area contributed by atoms with Gasteiger partial charge in [0.1, 0.15) is 0 Å². The topological polar surface area (TPSA) is 43.8 Å². The van der Waals surface area contributed by atoms with E-state index in [-0.39, 0.29) is 6.04 Å². The summed E-state index contributed by atoms with van der Waals surface area (Å²) in [4.78, 5) is 4.49. The summed E-state index contributed by atoms with van der Waals surface area (Å²) >= 11 is 6.01. The number of hydrogen-bond acceptors (Lipinski definition) is 2. The van der Waals surface area contributed by atoms with Gasteiger partial charge in [-0.05, 0) is 25.0 Å². The standard InChI is InChI=1S/C13H14ClN3/c14-10-3-1-2-9(6-10)13-12-5-4-11(15)7-17(12)8-16-13/h1-3,6,8,11H,4-5,7,15H2. The molecule has 0 spiro atoms. The maximum absolute atomic E-state index is 6.01. The van der Waals surface area contributed by atoms with Gasteiger partial charge >= 0.3 is 0 Å². The van der Waals surface area contributed by atoms with E-state index in [2.05, 4.69) is 9.55 Å². The van der Waals surface area contributed by atoms with E-state index >= 15 is 0 Å². The van der Waals surface area contributed by atoms with Crippen LogP contribution >= 0.6 is 11.6 Å². The molecule has 0 amide bonds. The van der Waals surface area contributed by atoms with Gasteiger partial charge in [-0.2, -0.15) is 0 Å². The molecule has 0 radical (unpaired) electrons. The van der Waals surface area contributed by atoms with E-state index in [1.807, 2.05) is 30.6 Å². The predicted octanol–water partition coefficient (Wildman–Crippen LogP) is 2.48. The van der Waals surface area contributed by atoms with Crippen LogP contribution in [-0.2, 0) is 13.0 Å². The van der Waals surface area contributed by atoms with Gasteiger partial charge < -0.3 is 10.3 Å². The number of halogens is 1. The van der Waals surface area contributed by atoms with Gasteiger partial charge in [-0.1, -0.05) is 23.7 Å². The molecule has 1 aliphatic heterocycles. The van der Waals surface area contributed by atoms with Crippen molar-refractivity contribution in [3.8, 4) is 11.3 Å². The molecule has 0 saturated heterocycles. The molecule has 3 nitrogen and oxygen atoms in total. The van der Waals surface area contributed by atoms with Gasteiger partial charge in [0.25, 0.3) is 0 Å². The fourth-order valence-corrected chi connectivity index (χ4v) is 2.56. The molecule has 2 N–H and O–H groups in total. The third kappa shape index (κ3) is 1.96. The van der Waals surface area contributed by atoms with Gasteiger partial charge in [-0.3, -0.25) is 0 Å². The average Bonchev–Trinajstić information content (AvgIpc) is 2.71. The highest BCUT2D eigenvalue weighted by Crippen LogP contribution is 2.28. The molecule has 1 unspecified atom stereocenters. The summed E-state index contributed by atoms with van der Waals surface area (Å²) in [6.07, 6.45) is 3.90. The summed E-state index contributed by atoms with van der Waals surface area (Å²) in [5.74, 6) is 0. The summed E-state index contributed by atoms with van der Waals surface area (Å²) in [7, 11) is 0. The van der Waals surface area contributed by atoms with Crippen LogP contribution in [0, 0.1) is 0 Å². The predicted molar refractivity (Wildman–Crippen MR) is 69.0 cm³/mol. The van der Waals surface area contributed by atoms with Gasteiger partial charge in [0.2, 0.25) is 0 Å². The molecule has 1 aromatic heterocycles. The third-order valence-electron chi connectivity index (χ3n) is 3.23. The largest absolute Gasteiger partial charge is 0.332 e. The molecular weight excluding hydrogens is 234 g/mol. The number of nitrogens with zero attached hydrogens (tertiary/aromatic N) is 2. The number of fused-ring (bicyclic) bond motifs is 1. The molecule has 2 aromatic rings. The van der Waals surface area contributed by atoms with Gasteiger partial charge in [0.05, 0.1) is 12.0 Å². The van der Waals surface area contributed by atoms with Crippen LogP contribution in [0.4, 0.5) is 0 Å². The van der Waals surface area contributed by atoms with Crippen LogP contribution in [0.25, 0.3) is 11.3 Å². The molecule has 1 atom stereocenters. The maximum Gasteiger partial charge on any atom is 0.0956 e. The summed E-state index contributed by atoms with van der Waals surface area (Å²) in [5, 5.41) is 0.747. The van der Waals surface area contributed by atoms with Crippen molar-refractivity contribution < 1.29 is 0 Å². The third-order valence-corrected chi connectivity index (χ3v) is 3.46. The zero-order valence-corrected chi connectivity index (χ0v) is 10.2. The Balaban J connectivity index is 2.05. The minimum atomic E-state index is 0.254. The maximum atomic E-state index is 6.01. The minimum Gasteiger partial charge on any atom is -0.332 e. The Kier molecular flexibility index (Phi) is 2.65. The van der Waals surface area contributed by atoms with Gasteiger partial charge in [-0.25, -0.2) is 4.98 Å².